The van der Waals surface area contributed by atoms with Crippen molar-refractivity contribution in [2.45, 2.75) is 37.6 Å². The van der Waals surface area contributed by atoms with Crippen molar-refractivity contribution < 1.29 is 34.6 Å². The van der Waals surface area contributed by atoms with Gasteiger partial charge in [0.05, 0.1) is 19.8 Å². The van der Waals surface area contributed by atoms with Crippen LogP contribution in [0.4, 0.5) is 0 Å². The van der Waals surface area contributed by atoms with Gasteiger partial charge in [-0.25, -0.2) is 0 Å². The van der Waals surface area contributed by atoms with Crippen molar-refractivity contribution in [3.05, 3.63) is 0 Å². The summed E-state index contributed by atoms with van der Waals surface area (Å²) < 4.78 is 15.3. The lowest BCUT2D eigenvalue weighted by atomic mass is 9.99. The molecule has 1 heterocycles. The number of ether oxygens (including phenoxy) is 3. The SMILES string of the molecule is CCOCCOC1O[C@H](CO)[C@@H](O)[C@H](O)[C@H]1O. The first-order chi connectivity index (χ1) is 8.11. The maximum Gasteiger partial charge on any atom is 0.186 e. The van der Waals surface area contributed by atoms with E-state index in [0.29, 0.717) is 13.2 Å². The van der Waals surface area contributed by atoms with Gasteiger partial charge in [0, 0.05) is 6.61 Å². The molecule has 1 aliphatic rings. The zero-order chi connectivity index (χ0) is 12.8. The molecule has 17 heavy (non-hydrogen) atoms. The Kier molecular flexibility index (Phi) is 6.28. The molecule has 1 unspecified atom stereocenters. The summed E-state index contributed by atoms with van der Waals surface area (Å²) in [6, 6.07) is 0. The Bertz CT molecular complexity index is 211. The summed E-state index contributed by atoms with van der Waals surface area (Å²) in [7, 11) is 0. The van der Waals surface area contributed by atoms with Gasteiger partial charge in [-0.05, 0) is 6.92 Å². The highest BCUT2D eigenvalue weighted by Gasteiger charge is 2.43. The van der Waals surface area contributed by atoms with Crippen LogP contribution in [0.1, 0.15) is 6.92 Å². The molecule has 102 valence electrons. The van der Waals surface area contributed by atoms with Crippen molar-refractivity contribution >= 4 is 0 Å². The van der Waals surface area contributed by atoms with Gasteiger partial charge in [0.25, 0.3) is 0 Å². The van der Waals surface area contributed by atoms with Crippen LogP contribution in [0.5, 0.6) is 0 Å². The van der Waals surface area contributed by atoms with Crippen LogP contribution in [0.25, 0.3) is 0 Å². The molecule has 0 aromatic heterocycles. The van der Waals surface area contributed by atoms with E-state index in [0.717, 1.165) is 0 Å². The molecule has 0 aromatic carbocycles. The van der Waals surface area contributed by atoms with Gasteiger partial charge in [0.1, 0.15) is 24.4 Å². The van der Waals surface area contributed by atoms with Gasteiger partial charge in [-0.3, -0.25) is 0 Å². The van der Waals surface area contributed by atoms with Crippen LogP contribution in [-0.4, -0.2) is 77.6 Å². The predicted octanol–water partition coefficient (Wildman–Crippen LogP) is -2.16. The van der Waals surface area contributed by atoms with Gasteiger partial charge in [-0.1, -0.05) is 0 Å². The van der Waals surface area contributed by atoms with Crippen LogP contribution in [0, 0.1) is 0 Å². The second-order valence-electron chi connectivity index (χ2n) is 3.76. The van der Waals surface area contributed by atoms with Crippen LogP contribution >= 0.6 is 0 Å². The van der Waals surface area contributed by atoms with Crippen molar-refractivity contribution in [2.24, 2.45) is 0 Å². The maximum atomic E-state index is 9.60. The van der Waals surface area contributed by atoms with E-state index < -0.39 is 37.3 Å². The summed E-state index contributed by atoms with van der Waals surface area (Å²) in [5, 5.41) is 37.5. The average molecular weight is 252 g/mol. The van der Waals surface area contributed by atoms with Crippen LogP contribution in [0.15, 0.2) is 0 Å². The number of aliphatic hydroxyl groups excluding tert-OH is 4. The number of hydrogen-bond acceptors (Lipinski definition) is 7. The quantitative estimate of drug-likeness (QED) is 0.399. The van der Waals surface area contributed by atoms with Crippen molar-refractivity contribution in [2.75, 3.05) is 26.4 Å². The third-order valence-electron chi connectivity index (χ3n) is 2.56. The Morgan fingerprint density at radius 3 is 2.35 bits per heavy atom. The monoisotopic (exact) mass is 252 g/mol. The van der Waals surface area contributed by atoms with Gasteiger partial charge >= 0.3 is 0 Å². The van der Waals surface area contributed by atoms with Gasteiger partial charge in [-0.2, -0.15) is 0 Å². The van der Waals surface area contributed by atoms with Gasteiger partial charge in [-0.15, -0.1) is 0 Å². The Balaban J connectivity index is 2.42. The lowest BCUT2D eigenvalue weighted by Gasteiger charge is -2.39. The molecular formula is C10H20O7. The number of hydrogen-bond donors (Lipinski definition) is 4. The highest BCUT2D eigenvalue weighted by molar-refractivity contribution is 4.88. The first kappa shape index (κ1) is 14.8. The Morgan fingerprint density at radius 1 is 1.06 bits per heavy atom. The van der Waals surface area contributed by atoms with E-state index in [1.165, 1.54) is 0 Å². The largest absolute Gasteiger partial charge is 0.394 e. The normalized spacial score (nSPS) is 38.3. The fraction of sp³-hybridized carbons (Fsp3) is 1.00. The molecule has 1 rings (SSSR count). The minimum absolute atomic E-state index is 0.191. The topological polar surface area (TPSA) is 109 Å². The van der Waals surface area contributed by atoms with Gasteiger partial charge < -0.3 is 34.6 Å². The van der Waals surface area contributed by atoms with Crippen molar-refractivity contribution in [3.63, 3.8) is 0 Å². The summed E-state index contributed by atoms with van der Waals surface area (Å²) in [6.45, 7) is 2.46. The molecule has 0 bridgehead atoms. The number of rotatable bonds is 6. The Labute approximate surface area is 99.5 Å². The third-order valence-corrected chi connectivity index (χ3v) is 2.56. The second-order valence-corrected chi connectivity index (χ2v) is 3.76. The lowest BCUT2D eigenvalue weighted by molar-refractivity contribution is -0.302. The van der Waals surface area contributed by atoms with Crippen LogP contribution in [-0.2, 0) is 14.2 Å². The van der Waals surface area contributed by atoms with Crippen LogP contribution < -0.4 is 0 Å². The molecule has 0 spiro atoms. The molecule has 1 fully saturated rings. The lowest BCUT2D eigenvalue weighted by Crippen LogP contribution is -2.59. The molecular weight excluding hydrogens is 232 g/mol. The fourth-order valence-electron chi connectivity index (χ4n) is 1.57. The van der Waals surface area contributed by atoms with E-state index in [2.05, 4.69) is 0 Å². The standard InChI is InChI=1S/C10H20O7/c1-2-15-3-4-16-10-9(14)8(13)7(12)6(5-11)17-10/h6-14H,2-5H2,1H3/t6-,7-,8+,9-,10?/m1/s1. The second kappa shape index (κ2) is 7.22. The molecule has 0 radical (unpaired) electrons. The van der Waals surface area contributed by atoms with Crippen molar-refractivity contribution in [1.82, 2.24) is 0 Å². The third kappa shape index (κ3) is 3.85. The molecule has 1 aliphatic heterocycles. The summed E-state index contributed by atoms with van der Waals surface area (Å²) in [5.74, 6) is 0. The van der Waals surface area contributed by atoms with E-state index in [4.69, 9.17) is 19.3 Å². The maximum absolute atomic E-state index is 9.60. The molecule has 0 amide bonds. The van der Waals surface area contributed by atoms with Crippen molar-refractivity contribution in [1.29, 1.82) is 0 Å². The molecule has 0 aromatic rings. The van der Waals surface area contributed by atoms with E-state index in [1.54, 1.807) is 0 Å². The Hall–Kier alpha value is -0.280. The smallest absolute Gasteiger partial charge is 0.186 e. The summed E-state index contributed by atoms with van der Waals surface area (Å²) >= 11 is 0. The highest BCUT2D eigenvalue weighted by atomic mass is 16.7. The summed E-state index contributed by atoms with van der Waals surface area (Å²) in [5.41, 5.74) is 0. The average Bonchev–Trinajstić information content (AvgIpc) is 2.34. The summed E-state index contributed by atoms with van der Waals surface area (Å²) in [6.07, 6.45) is -6.13. The summed E-state index contributed by atoms with van der Waals surface area (Å²) in [4.78, 5) is 0. The molecule has 5 atom stereocenters. The van der Waals surface area contributed by atoms with Crippen LogP contribution in [0.3, 0.4) is 0 Å². The van der Waals surface area contributed by atoms with Gasteiger partial charge in [0.2, 0.25) is 0 Å². The first-order valence-electron chi connectivity index (χ1n) is 5.61. The molecule has 1 saturated heterocycles. The predicted molar refractivity (Wildman–Crippen MR) is 56.2 cm³/mol. The molecule has 0 aliphatic carbocycles. The minimum atomic E-state index is -1.40. The van der Waals surface area contributed by atoms with E-state index in [-0.39, 0.29) is 6.61 Å². The molecule has 0 saturated carbocycles. The van der Waals surface area contributed by atoms with E-state index in [9.17, 15) is 15.3 Å². The molecule has 7 nitrogen and oxygen atoms in total. The van der Waals surface area contributed by atoms with Gasteiger partial charge in [0.15, 0.2) is 6.29 Å². The molecule has 7 heteroatoms. The van der Waals surface area contributed by atoms with Crippen LogP contribution in [0.2, 0.25) is 0 Å². The van der Waals surface area contributed by atoms with Crippen molar-refractivity contribution in [3.8, 4) is 0 Å². The van der Waals surface area contributed by atoms with E-state index in [1.807, 2.05) is 6.92 Å². The number of aliphatic hydroxyl groups is 4. The first-order valence-corrected chi connectivity index (χ1v) is 5.61. The zero-order valence-corrected chi connectivity index (χ0v) is 9.73. The Morgan fingerprint density at radius 2 is 1.76 bits per heavy atom. The highest BCUT2D eigenvalue weighted by Crippen LogP contribution is 2.21. The zero-order valence-electron chi connectivity index (χ0n) is 9.73. The van der Waals surface area contributed by atoms with E-state index >= 15 is 0 Å². The fourth-order valence-corrected chi connectivity index (χ4v) is 1.57. The minimum Gasteiger partial charge on any atom is -0.394 e. The molecule has 4 N–H and O–H groups in total.